The van der Waals surface area contributed by atoms with E-state index < -0.39 is 11.7 Å². The lowest BCUT2D eigenvalue weighted by molar-refractivity contribution is -0.137. The van der Waals surface area contributed by atoms with Gasteiger partial charge in [0.2, 0.25) is 0 Å². The number of alkyl halides is 3. The van der Waals surface area contributed by atoms with Crippen LogP contribution in [0.1, 0.15) is 5.56 Å². The monoisotopic (exact) mass is 273 g/mol. The fourth-order valence-electron chi connectivity index (χ4n) is 2.07. The molecule has 0 bridgehead atoms. The van der Waals surface area contributed by atoms with E-state index in [0.29, 0.717) is 11.3 Å². The molecule has 0 aliphatic carbocycles. The van der Waals surface area contributed by atoms with Gasteiger partial charge in [-0.2, -0.15) is 13.2 Å². The quantitative estimate of drug-likeness (QED) is 0.613. The Morgan fingerprint density at radius 3 is 2.10 bits per heavy atom. The van der Waals surface area contributed by atoms with E-state index in [2.05, 4.69) is 4.98 Å². The lowest BCUT2D eigenvalue weighted by Crippen LogP contribution is -2.04. The molecular formula is C16H10F3N. The molecule has 100 valence electrons. The smallest absolute Gasteiger partial charge is 0.256 e. The fourth-order valence-corrected chi connectivity index (χ4v) is 2.07. The Bertz CT molecular complexity index is 746. The van der Waals surface area contributed by atoms with Gasteiger partial charge in [-0.1, -0.05) is 36.4 Å². The van der Waals surface area contributed by atoms with Gasteiger partial charge in [0.15, 0.2) is 0 Å². The number of pyridine rings is 1. The van der Waals surface area contributed by atoms with Crippen LogP contribution in [0.25, 0.3) is 22.0 Å². The van der Waals surface area contributed by atoms with E-state index in [4.69, 9.17) is 0 Å². The highest BCUT2D eigenvalue weighted by Gasteiger charge is 2.29. The number of benzene rings is 2. The highest BCUT2D eigenvalue weighted by Crippen LogP contribution is 2.31. The van der Waals surface area contributed by atoms with Crippen molar-refractivity contribution in [2.45, 2.75) is 6.18 Å². The zero-order valence-corrected chi connectivity index (χ0v) is 10.4. The minimum Gasteiger partial charge on any atom is -0.256 e. The van der Waals surface area contributed by atoms with Crippen LogP contribution in [0.15, 0.2) is 60.8 Å². The minimum absolute atomic E-state index is 0.651. The summed E-state index contributed by atoms with van der Waals surface area (Å²) >= 11 is 0. The molecule has 0 atom stereocenters. The van der Waals surface area contributed by atoms with Crippen molar-refractivity contribution in [3.05, 3.63) is 66.4 Å². The average Bonchev–Trinajstić information content (AvgIpc) is 2.46. The summed E-state index contributed by atoms with van der Waals surface area (Å²) in [5.74, 6) is 0. The van der Waals surface area contributed by atoms with Gasteiger partial charge in [0.1, 0.15) is 0 Å². The highest BCUT2D eigenvalue weighted by molar-refractivity contribution is 5.85. The number of hydrogen-bond acceptors (Lipinski definition) is 1. The van der Waals surface area contributed by atoms with Crippen LogP contribution < -0.4 is 0 Å². The summed E-state index contributed by atoms with van der Waals surface area (Å²) in [7, 11) is 0. The maximum absolute atomic E-state index is 12.5. The molecule has 0 radical (unpaired) electrons. The molecule has 0 unspecified atom stereocenters. The van der Waals surface area contributed by atoms with E-state index in [0.717, 1.165) is 22.9 Å². The summed E-state index contributed by atoms with van der Waals surface area (Å²) in [5.41, 5.74) is 0.684. The molecule has 0 fully saturated rings. The molecule has 0 spiro atoms. The Hall–Kier alpha value is -2.36. The summed E-state index contributed by atoms with van der Waals surface area (Å²) in [5, 5.41) is 2.01. The number of halogens is 3. The van der Waals surface area contributed by atoms with Crippen molar-refractivity contribution in [2.75, 3.05) is 0 Å². The first-order chi connectivity index (χ1) is 9.54. The van der Waals surface area contributed by atoms with Crippen molar-refractivity contribution < 1.29 is 13.2 Å². The first kappa shape index (κ1) is 12.7. The van der Waals surface area contributed by atoms with E-state index in [1.807, 2.05) is 30.3 Å². The van der Waals surface area contributed by atoms with Gasteiger partial charge >= 0.3 is 6.18 Å². The van der Waals surface area contributed by atoms with Gasteiger partial charge in [-0.3, -0.25) is 4.98 Å². The van der Waals surface area contributed by atoms with Crippen molar-refractivity contribution >= 4 is 10.8 Å². The molecule has 0 aliphatic heterocycles. The molecule has 0 N–H and O–H groups in total. The number of rotatable bonds is 1. The maximum atomic E-state index is 12.5. The van der Waals surface area contributed by atoms with Gasteiger partial charge < -0.3 is 0 Å². The van der Waals surface area contributed by atoms with Crippen LogP contribution in [0.2, 0.25) is 0 Å². The van der Waals surface area contributed by atoms with E-state index in [1.165, 1.54) is 12.1 Å². The zero-order valence-electron chi connectivity index (χ0n) is 10.4. The summed E-state index contributed by atoms with van der Waals surface area (Å²) in [4.78, 5) is 4.29. The number of aromatic nitrogens is 1. The van der Waals surface area contributed by atoms with E-state index in [-0.39, 0.29) is 0 Å². The molecule has 0 saturated carbocycles. The van der Waals surface area contributed by atoms with E-state index in [1.54, 1.807) is 6.20 Å². The molecule has 20 heavy (non-hydrogen) atoms. The second-order valence-electron chi connectivity index (χ2n) is 4.49. The van der Waals surface area contributed by atoms with Crippen LogP contribution in [0.4, 0.5) is 13.2 Å². The summed E-state index contributed by atoms with van der Waals surface area (Å²) in [6.45, 7) is 0. The maximum Gasteiger partial charge on any atom is 0.416 e. The average molecular weight is 273 g/mol. The molecule has 1 aromatic heterocycles. The molecule has 1 heterocycles. The lowest BCUT2D eigenvalue weighted by atomic mass is 10.1. The second kappa shape index (κ2) is 4.63. The van der Waals surface area contributed by atoms with Crippen LogP contribution in [0, 0.1) is 0 Å². The zero-order chi connectivity index (χ0) is 14.2. The van der Waals surface area contributed by atoms with Crippen molar-refractivity contribution in [2.24, 2.45) is 0 Å². The van der Waals surface area contributed by atoms with Gasteiger partial charge in [-0.05, 0) is 23.6 Å². The second-order valence-corrected chi connectivity index (χ2v) is 4.49. The standard InChI is InChI=1S/C16H10F3N/c17-16(18,19)14-7-5-11(6-8-14)15-9-12-3-1-2-4-13(12)10-20-15/h1-10H. The van der Waals surface area contributed by atoms with Crippen molar-refractivity contribution in [3.63, 3.8) is 0 Å². The normalized spacial score (nSPS) is 11.8. The van der Waals surface area contributed by atoms with Crippen molar-refractivity contribution in [3.8, 4) is 11.3 Å². The summed E-state index contributed by atoms with van der Waals surface area (Å²) < 4.78 is 37.5. The van der Waals surface area contributed by atoms with Gasteiger partial charge in [-0.25, -0.2) is 0 Å². The fraction of sp³-hybridized carbons (Fsp3) is 0.0625. The van der Waals surface area contributed by atoms with Crippen LogP contribution in [0.5, 0.6) is 0 Å². The molecule has 0 amide bonds. The summed E-state index contributed by atoms with van der Waals surface area (Å²) in [6.07, 6.45) is -2.59. The molecule has 2 aromatic carbocycles. The lowest BCUT2D eigenvalue weighted by Gasteiger charge is -2.08. The van der Waals surface area contributed by atoms with E-state index in [9.17, 15) is 13.2 Å². The largest absolute Gasteiger partial charge is 0.416 e. The highest BCUT2D eigenvalue weighted by atomic mass is 19.4. The number of fused-ring (bicyclic) bond motifs is 1. The van der Waals surface area contributed by atoms with Crippen LogP contribution in [0.3, 0.4) is 0 Å². The Labute approximate surface area is 113 Å². The molecule has 1 nitrogen and oxygen atoms in total. The third kappa shape index (κ3) is 2.37. The van der Waals surface area contributed by atoms with E-state index >= 15 is 0 Å². The first-order valence-corrected chi connectivity index (χ1v) is 6.06. The third-order valence-corrected chi connectivity index (χ3v) is 3.14. The molecule has 3 rings (SSSR count). The molecule has 3 aromatic rings. The molecule has 0 aliphatic rings. The molecule has 0 saturated heterocycles. The molecule has 4 heteroatoms. The predicted molar refractivity (Wildman–Crippen MR) is 72.2 cm³/mol. The van der Waals surface area contributed by atoms with Gasteiger partial charge in [-0.15, -0.1) is 0 Å². The van der Waals surface area contributed by atoms with Crippen molar-refractivity contribution in [1.82, 2.24) is 4.98 Å². The predicted octanol–water partition coefficient (Wildman–Crippen LogP) is 4.92. The number of hydrogen-bond donors (Lipinski definition) is 0. The van der Waals surface area contributed by atoms with Crippen LogP contribution >= 0.6 is 0 Å². The topological polar surface area (TPSA) is 12.9 Å². The SMILES string of the molecule is FC(F)(F)c1ccc(-c2cc3ccccc3cn2)cc1. The van der Waals surface area contributed by atoms with Gasteiger partial charge in [0.25, 0.3) is 0 Å². The van der Waals surface area contributed by atoms with Crippen LogP contribution in [-0.4, -0.2) is 4.98 Å². The summed E-state index contributed by atoms with van der Waals surface area (Å²) in [6, 6.07) is 14.6. The Morgan fingerprint density at radius 2 is 1.45 bits per heavy atom. The van der Waals surface area contributed by atoms with Crippen LogP contribution in [-0.2, 0) is 6.18 Å². The van der Waals surface area contributed by atoms with Gasteiger partial charge in [0, 0.05) is 17.1 Å². The Morgan fingerprint density at radius 1 is 0.800 bits per heavy atom. The minimum atomic E-state index is -4.31. The molecular weight excluding hydrogens is 263 g/mol. The third-order valence-electron chi connectivity index (χ3n) is 3.14. The first-order valence-electron chi connectivity index (χ1n) is 6.06. The number of nitrogens with zero attached hydrogens (tertiary/aromatic N) is 1. The Kier molecular flexibility index (Phi) is 2.93. The van der Waals surface area contributed by atoms with Gasteiger partial charge in [0.05, 0.1) is 11.3 Å². The van der Waals surface area contributed by atoms with Crippen molar-refractivity contribution in [1.29, 1.82) is 0 Å². The Balaban J connectivity index is 2.02.